The average molecular weight is 399 g/mol. The van der Waals surface area contributed by atoms with Gasteiger partial charge >= 0.3 is 5.97 Å². The number of unbranched alkanes of at least 4 members (excludes halogenated alkanes) is 1. The number of hydrogen-bond acceptors (Lipinski definition) is 7. The highest BCUT2D eigenvalue weighted by molar-refractivity contribution is 7.93. The van der Waals surface area contributed by atoms with Crippen LogP contribution >= 0.6 is 11.3 Å². The molecule has 0 spiro atoms. The van der Waals surface area contributed by atoms with Crippen molar-refractivity contribution in [3.8, 4) is 5.75 Å². The second kappa shape index (κ2) is 8.91. The fraction of sp³-hybridized carbons (Fsp3) is 0.353. The average Bonchev–Trinajstić information content (AvgIpc) is 3.13. The minimum atomic E-state index is -3.96. The van der Waals surface area contributed by atoms with E-state index in [1.807, 2.05) is 0 Å². The molecule has 2 aromatic rings. The van der Waals surface area contributed by atoms with E-state index < -0.39 is 16.0 Å². The number of anilines is 2. The van der Waals surface area contributed by atoms with Gasteiger partial charge in [0.25, 0.3) is 10.0 Å². The van der Waals surface area contributed by atoms with Crippen molar-refractivity contribution in [2.24, 2.45) is 0 Å². The molecule has 0 aliphatic rings. The third-order valence-corrected chi connectivity index (χ3v) is 6.03. The highest BCUT2D eigenvalue weighted by Crippen LogP contribution is 2.31. The van der Waals surface area contributed by atoms with E-state index in [1.54, 1.807) is 18.2 Å². The van der Waals surface area contributed by atoms with Crippen LogP contribution in [0.2, 0.25) is 0 Å². The molecule has 0 atom stereocenters. The third-order valence-electron chi connectivity index (χ3n) is 3.59. The lowest BCUT2D eigenvalue weighted by molar-refractivity contribution is 0.0602. The summed E-state index contributed by atoms with van der Waals surface area (Å²) in [5, 5.41) is 4.78. The number of sulfonamides is 1. The number of esters is 1. The van der Waals surface area contributed by atoms with E-state index in [1.165, 1.54) is 25.7 Å². The number of thiophene rings is 1. The molecular weight excluding hydrogens is 376 g/mol. The maximum atomic E-state index is 12.7. The summed E-state index contributed by atoms with van der Waals surface area (Å²) in [4.78, 5) is 11.7. The number of carbonyl (C=O) groups is 1. The Hall–Kier alpha value is -2.26. The fourth-order valence-electron chi connectivity index (χ4n) is 2.25. The molecule has 26 heavy (non-hydrogen) atoms. The number of rotatable bonds is 9. The molecule has 0 aliphatic carbocycles. The summed E-state index contributed by atoms with van der Waals surface area (Å²) in [6.45, 7) is 2.93. The van der Waals surface area contributed by atoms with Crippen molar-refractivity contribution in [1.82, 2.24) is 0 Å². The summed E-state index contributed by atoms with van der Waals surface area (Å²) >= 11 is 1.01. The second-order valence-corrected chi connectivity index (χ2v) is 7.97. The van der Waals surface area contributed by atoms with Crippen molar-refractivity contribution in [2.45, 2.75) is 24.7 Å². The van der Waals surface area contributed by atoms with Gasteiger partial charge < -0.3 is 14.8 Å². The van der Waals surface area contributed by atoms with Crippen LogP contribution in [0.5, 0.6) is 5.75 Å². The van der Waals surface area contributed by atoms with Crippen LogP contribution < -0.4 is 14.8 Å². The predicted octanol–water partition coefficient (Wildman–Crippen LogP) is 3.56. The largest absolute Gasteiger partial charge is 0.494 e. The lowest BCUT2D eigenvalue weighted by atomic mass is 10.2. The number of hydrogen-bond donors (Lipinski definition) is 2. The molecule has 0 fully saturated rings. The number of benzene rings is 1. The van der Waals surface area contributed by atoms with Crippen molar-refractivity contribution in [3.05, 3.63) is 34.5 Å². The quantitative estimate of drug-likeness (QED) is 0.495. The lowest BCUT2D eigenvalue weighted by Gasteiger charge is -2.14. The molecular formula is C17H22N2O5S2. The zero-order chi connectivity index (χ0) is 19.2. The fourth-order valence-corrected chi connectivity index (χ4v) is 4.65. The molecule has 0 aliphatic heterocycles. The minimum absolute atomic E-state index is 0.0248. The standard InChI is InChI=1S/C17H22N2O5S2/c1-4-5-9-18-12-6-7-13(14(11-12)23-2)19-26(21,22)15-8-10-25-16(15)17(20)24-3/h6-8,10-11,18-19H,4-5,9H2,1-3H3. The van der Waals surface area contributed by atoms with Crippen LogP contribution in [0.1, 0.15) is 29.4 Å². The molecule has 7 nitrogen and oxygen atoms in total. The van der Waals surface area contributed by atoms with Crippen LogP contribution in [-0.2, 0) is 14.8 Å². The third kappa shape index (κ3) is 4.67. The van der Waals surface area contributed by atoms with Gasteiger partial charge in [0.15, 0.2) is 0 Å². The van der Waals surface area contributed by atoms with Gasteiger partial charge in [0.2, 0.25) is 0 Å². The molecule has 1 aromatic carbocycles. The van der Waals surface area contributed by atoms with Gasteiger partial charge in [-0.1, -0.05) is 13.3 Å². The van der Waals surface area contributed by atoms with Crippen molar-refractivity contribution in [2.75, 3.05) is 30.8 Å². The minimum Gasteiger partial charge on any atom is -0.494 e. The molecule has 2 N–H and O–H groups in total. The Morgan fingerprint density at radius 2 is 2.00 bits per heavy atom. The van der Waals surface area contributed by atoms with Crippen molar-refractivity contribution >= 4 is 38.7 Å². The molecule has 9 heteroatoms. The first-order chi connectivity index (χ1) is 12.4. The summed E-state index contributed by atoms with van der Waals surface area (Å²) in [6, 6.07) is 6.48. The normalized spacial score (nSPS) is 11.0. The van der Waals surface area contributed by atoms with E-state index in [9.17, 15) is 13.2 Å². The zero-order valence-corrected chi connectivity index (χ0v) is 16.5. The number of ether oxygens (including phenoxy) is 2. The summed E-state index contributed by atoms with van der Waals surface area (Å²) in [5.41, 5.74) is 1.12. The Morgan fingerprint density at radius 3 is 2.65 bits per heavy atom. The molecule has 0 amide bonds. The monoisotopic (exact) mass is 398 g/mol. The van der Waals surface area contributed by atoms with E-state index in [-0.39, 0.29) is 15.5 Å². The topological polar surface area (TPSA) is 93.7 Å². The van der Waals surface area contributed by atoms with Crippen molar-refractivity contribution < 1.29 is 22.7 Å². The van der Waals surface area contributed by atoms with Gasteiger partial charge in [-0.15, -0.1) is 11.3 Å². The Bertz CT molecular complexity index is 862. The van der Waals surface area contributed by atoms with Gasteiger partial charge in [0.1, 0.15) is 15.5 Å². The molecule has 0 radical (unpaired) electrons. The Balaban J connectivity index is 2.26. The van der Waals surface area contributed by atoms with Crippen LogP contribution in [0.25, 0.3) is 0 Å². The molecule has 0 unspecified atom stereocenters. The van der Waals surface area contributed by atoms with Crippen LogP contribution in [0.4, 0.5) is 11.4 Å². The smallest absolute Gasteiger partial charge is 0.349 e. The van der Waals surface area contributed by atoms with Crippen molar-refractivity contribution in [1.29, 1.82) is 0 Å². The van der Waals surface area contributed by atoms with Crippen LogP contribution in [-0.4, -0.2) is 35.2 Å². The first kappa shape index (κ1) is 20.1. The van der Waals surface area contributed by atoms with Gasteiger partial charge in [-0.3, -0.25) is 4.72 Å². The molecule has 2 rings (SSSR count). The van der Waals surface area contributed by atoms with Crippen LogP contribution in [0, 0.1) is 0 Å². The highest BCUT2D eigenvalue weighted by atomic mass is 32.2. The predicted molar refractivity (Wildman–Crippen MR) is 103 cm³/mol. The Morgan fingerprint density at radius 1 is 1.23 bits per heavy atom. The number of carbonyl (C=O) groups excluding carboxylic acids is 1. The maximum Gasteiger partial charge on any atom is 0.349 e. The van der Waals surface area contributed by atoms with E-state index in [4.69, 9.17) is 4.74 Å². The van der Waals surface area contributed by atoms with Gasteiger partial charge in [0, 0.05) is 18.3 Å². The summed E-state index contributed by atoms with van der Waals surface area (Å²) in [7, 11) is -1.29. The Kier molecular flexibility index (Phi) is 6.87. The lowest BCUT2D eigenvalue weighted by Crippen LogP contribution is -2.16. The van der Waals surface area contributed by atoms with Gasteiger partial charge in [0.05, 0.1) is 19.9 Å². The van der Waals surface area contributed by atoms with Crippen molar-refractivity contribution in [3.63, 3.8) is 0 Å². The SMILES string of the molecule is CCCCNc1ccc(NS(=O)(=O)c2ccsc2C(=O)OC)c(OC)c1. The van der Waals surface area contributed by atoms with Crippen LogP contribution in [0.3, 0.4) is 0 Å². The van der Waals surface area contributed by atoms with Crippen LogP contribution in [0.15, 0.2) is 34.5 Å². The molecule has 0 saturated carbocycles. The summed E-state index contributed by atoms with van der Waals surface area (Å²) < 4.78 is 37.8. The first-order valence-corrected chi connectivity index (χ1v) is 10.4. The number of nitrogens with one attached hydrogen (secondary N) is 2. The maximum absolute atomic E-state index is 12.7. The molecule has 0 bridgehead atoms. The zero-order valence-electron chi connectivity index (χ0n) is 14.9. The molecule has 0 saturated heterocycles. The molecule has 1 aromatic heterocycles. The van der Waals surface area contributed by atoms with Gasteiger partial charge in [-0.25, -0.2) is 13.2 Å². The second-order valence-electron chi connectivity index (χ2n) is 5.41. The van der Waals surface area contributed by atoms with Gasteiger partial charge in [-0.05, 0) is 30.0 Å². The number of methoxy groups -OCH3 is 2. The summed E-state index contributed by atoms with van der Waals surface area (Å²) in [6.07, 6.45) is 2.11. The first-order valence-electron chi connectivity index (χ1n) is 8.03. The highest BCUT2D eigenvalue weighted by Gasteiger charge is 2.25. The van der Waals surface area contributed by atoms with E-state index in [2.05, 4.69) is 21.7 Å². The molecule has 1 heterocycles. The Labute approximate surface area is 157 Å². The molecule has 142 valence electrons. The van der Waals surface area contributed by atoms with E-state index in [0.29, 0.717) is 5.75 Å². The summed E-state index contributed by atoms with van der Waals surface area (Å²) in [5.74, 6) is -0.312. The van der Waals surface area contributed by atoms with Gasteiger partial charge in [-0.2, -0.15) is 0 Å². The van der Waals surface area contributed by atoms with E-state index in [0.717, 1.165) is 36.4 Å². The van der Waals surface area contributed by atoms with E-state index >= 15 is 0 Å².